The highest BCUT2D eigenvalue weighted by molar-refractivity contribution is 6.99. The SMILES string of the molecule is CC(C)[C@H]1OC(C)(C)O[C@H](CC[C@H](C)[C@@H]2OC(C)(C)O[C@@H]([C@@H](C)O[Si](c3ccccc3)(c3ccccc3)C(C)(C)C)[C@H]2C)[C@@H]1C. The first-order chi connectivity index (χ1) is 20.9. The van der Waals surface area contributed by atoms with E-state index >= 15 is 0 Å². The highest BCUT2D eigenvalue weighted by Crippen LogP contribution is 2.43. The monoisotopic (exact) mass is 638 g/mol. The van der Waals surface area contributed by atoms with Crippen LogP contribution in [-0.4, -0.2) is 50.4 Å². The molecule has 0 spiro atoms. The minimum absolute atomic E-state index is 0.0352. The van der Waals surface area contributed by atoms with Crippen molar-refractivity contribution in [1.29, 1.82) is 0 Å². The molecule has 0 amide bonds. The van der Waals surface area contributed by atoms with Crippen LogP contribution in [0.4, 0.5) is 0 Å². The molecule has 2 fully saturated rings. The van der Waals surface area contributed by atoms with Gasteiger partial charge in [0.15, 0.2) is 11.6 Å². The number of hydrogen-bond acceptors (Lipinski definition) is 5. The summed E-state index contributed by atoms with van der Waals surface area (Å²) in [6, 6.07) is 21.8. The molecule has 0 saturated carbocycles. The van der Waals surface area contributed by atoms with Crippen molar-refractivity contribution in [2.24, 2.45) is 23.7 Å². The van der Waals surface area contributed by atoms with Crippen molar-refractivity contribution in [2.45, 2.75) is 150 Å². The maximum Gasteiger partial charge on any atom is 0.261 e. The van der Waals surface area contributed by atoms with Crippen LogP contribution in [0.5, 0.6) is 0 Å². The molecule has 0 bridgehead atoms. The lowest BCUT2D eigenvalue weighted by Crippen LogP contribution is -2.69. The minimum Gasteiger partial charge on any atom is -0.402 e. The lowest BCUT2D eigenvalue weighted by Gasteiger charge is -2.51. The number of hydrogen-bond donors (Lipinski definition) is 0. The molecule has 0 aliphatic carbocycles. The first-order valence-electron chi connectivity index (χ1n) is 17.4. The predicted molar refractivity (Wildman–Crippen MR) is 187 cm³/mol. The van der Waals surface area contributed by atoms with Gasteiger partial charge in [-0.1, -0.05) is 116 Å². The summed E-state index contributed by atoms with van der Waals surface area (Å²) in [5.41, 5.74) is 0. The highest BCUT2D eigenvalue weighted by atomic mass is 28.4. The normalized spacial score (nSPS) is 30.2. The van der Waals surface area contributed by atoms with E-state index in [2.05, 4.69) is 151 Å². The van der Waals surface area contributed by atoms with E-state index in [1.807, 2.05) is 0 Å². The average Bonchev–Trinajstić information content (AvgIpc) is 2.96. The van der Waals surface area contributed by atoms with Gasteiger partial charge in [-0.25, -0.2) is 0 Å². The van der Waals surface area contributed by atoms with Crippen LogP contribution in [0, 0.1) is 23.7 Å². The molecule has 6 heteroatoms. The number of rotatable bonds is 10. The van der Waals surface area contributed by atoms with Crippen LogP contribution >= 0.6 is 0 Å². The number of ether oxygens (including phenoxy) is 4. The fraction of sp³-hybridized carbons (Fsp3) is 0.692. The third-order valence-corrected chi connectivity index (χ3v) is 15.3. The van der Waals surface area contributed by atoms with E-state index in [9.17, 15) is 0 Å². The van der Waals surface area contributed by atoms with Gasteiger partial charge in [0.05, 0.1) is 30.5 Å². The van der Waals surface area contributed by atoms with Gasteiger partial charge in [-0.15, -0.1) is 0 Å². The van der Waals surface area contributed by atoms with Gasteiger partial charge in [0.2, 0.25) is 0 Å². The fourth-order valence-electron chi connectivity index (χ4n) is 8.08. The molecule has 45 heavy (non-hydrogen) atoms. The maximum absolute atomic E-state index is 7.56. The molecule has 0 radical (unpaired) electrons. The Labute approximate surface area is 275 Å². The molecule has 2 aliphatic heterocycles. The Morgan fingerprint density at radius 1 is 0.689 bits per heavy atom. The molecule has 2 aliphatic rings. The van der Waals surface area contributed by atoms with Gasteiger partial charge in [-0.3, -0.25) is 0 Å². The topological polar surface area (TPSA) is 46.2 Å². The van der Waals surface area contributed by atoms with E-state index in [-0.39, 0.29) is 41.5 Å². The Morgan fingerprint density at radius 2 is 1.16 bits per heavy atom. The van der Waals surface area contributed by atoms with Crippen LogP contribution in [0.1, 0.15) is 103 Å². The van der Waals surface area contributed by atoms with E-state index in [1.165, 1.54) is 10.4 Å². The summed E-state index contributed by atoms with van der Waals surface area (Å²) in [7, 11) is -2.75. The maximum atomic E-state index is 7.56. The molecule has 5 nitrogen and oxygen atoms in total. The van der Waals surface area contributed by atoms with Crippen LogP contribution in [-0.2, 0) is 23.4 Å². The summed E-state index contributed by atoms with van der Waals surface area (Å²) in [4.78, 5) is 0. The summed E-state index contributed by atoms with van der Waals surface area (Å²) >= 11 is 0. The Hall–Kier alpha value is -1.54. The summed E-state index contributed by atoms with van der Waals surface area (Å²) in [6.45, 7) is 28.8. The molecule has 2 heterocycles. The molecule has 4 rings (SSSR count). The predicted octanol–water partition coefficient (Wildman–Crippen LogP) is 8.34. The second-order valence-electron chi connectivity index (χ2n) is 16.2. The van der Waals surface area contributed by atoms with Crippen LogP contribution in [0.2, 0.25) is 5.04 Å². The van der Waals surface area contributed by atoms with E-state index < -0.39 is 19.9 Å². The van der Waals surface area contributed by atoms with Crippen LogP contribution in [0.15, 0.2) is 60.7 Å². The van der Waals surface area contributed by atoms with Crippen molar-refractivity contribution >= 4 is 18.7 Å². The van der Waals surface area contributed by atoms with Crippen molar-refractivity contribution in [1.82, 2.24) is 0 Å². The van der Waals surface area contributed by atoms with Gasteiger partial charge >= 0.3 is 0 Å². The average molecular weight is 639 g/mol. The van der Waals surface area contributed by atoms with Crippen molar-refractivity contribution in [3.05, 3.63) is 60.7 Å². The zero-order valence-corrected chi connectivity index (χ0v) is 31.4. The third kappa shape index (κ3) is 7.96. The Kier molecular flexibility index (Phi) is 11.2. The summed E-state index contributed by atoms with van der Waals surface area (Å²) in [5, 5.41) is 2.46. The van der Waals surface area contributed by atoms with Crippen molar-refractivity contribution in [3.8, 4) is 0 Å². The van der Waals surface area contributed by atoms with Gasteiger partial charge in [-0.05, 0) is 74.7 Å². The summed E-state index contributed by atoms with van der Waals surface area (Å²) in [5.74, 6) is -0.0349. The van der Waals surface area contributed by atoms with E-state index in [4.69, 9.17) is 23.4 Å². The third-order valence-electron chi connectivity index (χ3n) is 10.2. The van der Waals surface area contributed by atoms with Gasteiger partial charge < -0.3 is 23.4 Å². The van der Waals surface area contributed by atoms with Gasteiger partial charge in [0, 0.05) is 11.8 Å². The molecule has 0 aromatic heterocycles. The van der Waals surface area contributed by atoms with Gasteiger partial charge in [0.1, 0.15) is 0 Å². The molecular weight excluding hydrogens is 577 g/mol. The minimum atomic E-state index is -2.75. The Bertz CT molecular complexity index is 1170. The molecule has 2 aromatic carbocycles. The smallest absolute Gasteiger partial charge is 0.261 e. The largest absolute Gasteiger partial charge is 0.402 e. The van der Waals surface area contributed by atoms with Crippen molar-refractivity contribution in [2.75, 3.05) is 0 Å². The van der Waals surface area contributed by atoms with E-state index in [1.54, 1.807) is 0 Å². The van der Waals surface area contributed by atoms with Gasteiger partial charge in [-0.2, -0.15) is 0 Å². The zero-order valence-electron chi connectivity index (χ0n) is 30.4. The molecule has 252 valence electrons. The highest BCUT2D eigenvalue weighted by Gasteiger charge is 2.54. The second kappa shape index (κ2) is 13.9. The first-order valence-corrected chi connectivity index (χ1v) is 19.3. The fourth-order valence-corrected chi connectivity index (χ4v) is 12.8. The zero-order chi connectivity index (χ0) is 33.4. The number of benzene rings is 2. The molecule has 2 saturated heterocycles. The van der Waals surface area contributed by atoms with E-state index in [0.717, 1.165) is 12.8 Å². The Morgan fingerprint density at radius 3 is 1.64 bits per heavy atom. The molecular formula is C39H62O5Si. The van der Waals surface area contributed by atoms with Crippen LogP contribution in [0.3, 0.4) is 0 Å². The quantitative estimate of drug-likeness (QED) is 0.245. The molecule has 0 unspecified atom stereocenters. The van der Waals surface area contributed by atoms with E-state index in [0.29, 0.717) is 17.8 Å². The molecule has 0 N–H and O–H groups in total. The summed E-state index contributed by atoms with van der Waals surface area (Å²) in [6.07, 6.45) is 2.10. The first kappa shape index (κ1) is 36.3. The lowest BCUT2D eigenvalue weighted by molar-refractivity contribution is -0.339. The van der Waals surface area contributed by atoms with Crippen molar-refractivity contribution in [3.63, 3.8) is 0 Å². The van der Waals surface area contributed by atoms with Gasteiger partial charge in [0.25, 0.3) is 8.32 Å². The Balaban J connectivity index is 1.58. The van der Waals surface area contributed by atoms with Crippen LogP contribution < -0.4 is 10.4 Å². The lowest BCUT2D eigenvalue weighted by atomic mass is 9.81. The van der Waals surface area contributed by atoms with Crippen LogP contribution in [0.25, 0.3) is 0 Å². The standard InChI is InChI=1S/C39H62O5Si/c1-26(2)34-28(4)33(40-38(10,11)41-34)25-24-27(3)35-29(5)36(43-39(12,13)42-35)30(6)44-45(37(7,8)9,31-20-16-14-17-21-31)32-22-18-15-19-23-32/h14-23,26-30,33-36H,24-25H2,1-13H3/t27-,28-,29-,30+,33+,34+,35-,36+/m0/s1. The molecule has 2 aromatic rings. The van der Waals surface area contributed by atoms with Crippen molar-refractivity contribution < 1.29 is 23.4 Å². The molecule has 8 atom stereocenters. The second-order valence-corrected chi connectivity index (χ2v) is 20.5. The summed E-state index contributed by atoms with van der Waals surface area (Å²) < 4.78 is 33.9.